The largest absolute Gasteiger partial charge is 0.356 e. The first-order valence-electron chi connectivity index (χ1n) is 9.15. The zero-order valence-corrected chi connectivity index (χ0v) is 16.3. The lowest BCUT2D eigenvalue weighted by Crippen LogP contribution is -2.04. The molecule has 27 heavy (non-hydrogen) atoms. The molecule has 0 saturated heterocycles. The number of aromatic nitrogens is 1. The van der Waals surface area contributed by atoms with E-state index in [0.717, 1.165) is 29.6 Å². The third-order valence-corrected chi connectivity index (χ3v) is 6.13. The van der Waals surface area contributed by atoms with Gasteiger partial charge in [0.15, 0.2) is 0 Å². The highest BCUT2D eigenvalue weighted by molar-refractivity contribution is 7.60. The molecule has 1 aromatic heterocycles. The summed E-state index contributed by atoms with van der Waals surface area (Å²) >= 11 is 0. The Bertz CT molecular complexity index is 1120. The van der Waals surface area contributed by atoms with Gasteiger partial charge in [-0.3, -0.25) is 4.57 Å². The molecule has 5 heteroatoms. The summed E-state index contributed by atoms with van der Waals surface area (Å²) in [5.41, 5.74) is 5.64. The molecule has 0 aliphatic rings. The van der Waals surface area contributed by atoms with Gasteiger partial charge >= 0.3 is 7.60 Å². The van der Waals surface area contributed by atoms with Gasteiger partial charge < -0.3 is 14.4 Å². The van der Waals surface area contributed by atoms with Crippen molar-refractivity contribution in [2.24, 2.45) is 0 Å². The Morgan fingerprint density at radius 2 is 1.26 bits per heavy atom. The second-order valence-electron chi connectivity index (χ2n) is 6.81. The van der Waals surface area contributed by atoms with Crippen molar-refractivity contribution in [2.45, 2.75) is 26.7 Å². The number of hydrogen-bond acceptors (Lipinski definition) is 1. The van der Waals surface area contributed by atoms with Crippen molar-refractivity contribution < 1.29 is 14.4 Å². The molecule has 0 radical (unpaired) electrons. The van der Waals surface area contributed by atoms with Crippen molar-refractivity contribution in [2.75, 3.05) is 0 Å². The van der Waals surface area contributed by atoms with Crippen LogP contribution in [0.3, 0.4) is 0 Å². The van der Waals surface area contributed by atoms with E-state index in [1.54, 1.807) is 12.1 Å². The minimum atomic E-state index is -4.25. The van der Waals surface area contributed by atoms with Gasteiger partial charge in [0, 0.05) is 16.5 Å². The van der Waals surface area contributed by atoms with E-state index in [-0.39, 0.29) is 5.30 Å². The maximum absolute atomic E-state index is 11.5. The molecule has 4 rings (SSSR count). The standard InChI is InChI=1S/C22H22NO3P/c1-3-15-5-11-19-20-12-6-16(4-2)14-22(20)23(21(19)13-15)17-7-9-18(10-8-17)27(24,25)26/h5-14H,3-4H2,1-2H3,(H2,24,25,26). The zero-order chi connectivity index (χ0) is 19.2. The van der Waals surface area contributed by atoms with Crippen LogP contribution in [-0.2, 0) is 17.4 Å². The van der Waals surface area contributed by atoms with Crippen LogP contribution in [0, 0.1) is 0 Å². The molecule has 0 bridgehead atoms. The van der Waals surface area contributed by atoms with Crippen molar-refractivity contribution in [3.63, 3.8) is 0 Å². The number of aryl methyl sites for hydroxylation is 2. The first-order valence-corrected chi connectivity index (χ1v) is 10.8. The summed E-state index contributed by atoms with van der Waals surface area (Å²) in [4.78, 5) is 18.8. The molecule has 0 aliphatic carbocycles. The molecule has 0 aliphatic heterocycles. The highest BCUT2D eigenvalue weighted by atomic mass is 31.2. The molecular formula is C22H22NO3P. The Morgan fingerprint density at radius 1 is 0.778 bits per heavy atom. The van der Waals surface area contributed by atoms with Crippen LogP contribution in [0.25, 0.3) is 27.5 Å². The van der Waals surface area contributed by atoms with Gasteiger partial charge in [0.05, 0.1) is 16.3 Å². The van der Waals surface area contributed by atoms with E-state index in [9.17, 15) is 14.4 Å². The van der Waals surface area contributed by atoms with Crippen molar-refractivity contribution in [1.82, 2.24) is 4.57 Å². The fourth-order valence-corrected chi connectivity index (χ4v) is 4.16. The van der Waals surface area contributed by atoms with E-state index in [4.69, 9.17) is 0 Å². The normalized spacial score (nSPS) is 12.1. The maximum atomic E-state index is 11.5. The number of fused-ring (bicyclic) bond motifs is 3. The molecular weight excluding hydrogens is 357 g/mol. The second kappa shape index (κ2) is 6.65. The molecule has 0 atom stereocenters. The lowest BCUT2D eigenvalue weighted by molar-refractivity contribution is 0.387. The van der Waals surface area contributed by atoms with Gasteiger partial charge in [0.2, 0.25) is 0 Å². The average molecular weight is 379 g/mol. The molecule has 4 nitrogen and oxygen atoms in total. The molecule has 138 valence electrons. The van der Waals surface area contributed by atoms with Gasteiger partial charge in [-0.1, -0.05) is 38.1 Å². The third-order valence-electron chi connectivity index (χ3n) is 5.16. The van der Waals surface area contributed by atoms with Gasteiger partial charge in [-0.2, -0.15) is 0 Å². The highest BCUT2D eigenvalue weighted by Crippen LogP contribution is 2.36. The summed E-state index contributed by atoms with van der Waals surface area (Å²) in [5, 5.41) is 2.41. The predicted octanol–water partition coefficient (Wildman–Crippen LogP) is 4.71. The van der Waals surface area contributed by atoms with Gasteiger partial charge in [0.1, 0.15) is 0 Å². The third kappa shape index (κ3) is 3.10. The minimum absolute atomic E-state index is 0.0375. The monoisotopic (exact) mass is 379 g/mol. The first kappa shape index (κ1) is 18.0. The van der Waals surface area contributed by atoms with Crippen LogP contribution < -0.4 is 5.30 Å². The molecule has 0 spiro atoms. The van der Waals surface area contributed by atoms with Gasteiger partial charge in [-0.25, -0.2) is 0 Å². The molecule has 0 saturated carbocycles. The summed E-state index contributed by atoms with van der Waals surface area (Å²) in [5.74, 6) is 0. The molecule has 1 heterocycles. The van der Waals surface area contributed by atoms with Crippen LogP contribution >= 0.6 is 7.60 Å². The van der Waals surface area contributed by atoms with Crippen molar-refractivity contribution in [1.29, 1.82) is 0 Å². The van der Waals surface area contributed by atoms with E-state index >= 15 is 0 Å². The molecule has 2 N–H and O–H groups in total. The molecule has 0 unspecified atom stereocenters. The van der Waals surface area contributed by atoms with E-state index in [0.29, 0.717) is 0 Å². The SMILES string of the molecule is CCc1ccc2c3ccc(CC)cc3n(-c3ccc(P(=O)(O)O)cc3)c2c1. The van der Waals surface area contributed by atoms with E-state index in [1.807, 2.05) is 0 Å². The smallest absolute Gasteiger partial charge is 0.321 e. The Hall–Kier alpha value is -2.39. The van der Waals surface area contributed by atoms with Crippen molar-refractivity contribution in [3.8, 4) is 5.69 Å². The quantitative estimate of drug-likeness (QED) is 0.505. The van der Waals surface area contributed by atoms with Crippen LogP contribution in [-0.4, -0.2) is 14.4 Å². The first-order chi connectivity index (χ1) is 12.9. The summed E-state index contributed by atoms with van der Waals surface area (Å²) in [6.45, 7) is 4.27. The Balaban J connectivity index is 2.05. The molecule has 3 aromatic carbocycles. The fraction of sp³-hybridized carbons (Fsp3) is 0.182. The van der Waals surface area contributed by atoms with Crippen LogP contribution in [0.4, 0.5) is 0 Å². The maximum Gasteiger partial charge on any atom is 0.356 e. The van der Waals surface area contributed by atoms with Crippen LogP contribution in [0.1, 0.15) is 25.0 Å². The van der Waals surface area contributed by atoms with Gasteiger partial charge in [-0.15, -0.1) is 0 Å². The highest BCUT2D eigenvalue weighted by Gasteiger charge is 2.18. The molecule has 0 amide bonds. The van der Waals surface area contributed by atoms with Crippen LogP contribution in [0.2, 0.25) is 0 Å². The topological polar surface area (TPSA) is 62.5 Å². The van der Waals surface area contributed by atoms with Crippen LogP contribution in [0.5, 0.6) is 0 Å². The van der Waals surface area contributed by atoms with Gasteiger partial charge in [-0.05, 0) is 60.4 Å². The van der Waals surface area contributed by atoms with E-state index in [2.05, 4.69) is 54.8 Å². The molecule has 0 fully saturated rings. The van der Waals surface area contributed by atoms with Crippen molar-refractivity contribution >= 4 is 34.7 Å². The summed E-state index contributed by atoms with van der Waals surface area (Å²) in [6.07, 6.45) is 1.91. The number of hydrogen-bond donors (Lipinski definition) is 2. The number of nitrogens with zero attached hydrogens (tertiary/aromatic N) is 1. The predicted molar refractivity (Wildman–Crippen MR) is 111 cm³/mol. The second-order valence-corrected chi connectivity index (χ2v) is 8.41. The minimum Gasteiger partial charge on any atom is -0.321 e. The average Bonchev–Trinajstić information content (AvgIpc) is 2.99. The zero-order valence-electron chi connectivity index (χ0n) is 15.4. The summed E-state index contributed by atoms with van der Waals surface area (Å²) < 4.78 is 13.7. The number of rotatable bonds is 4. The van der Waals surface area contributed by atoms with E-state index in [1.165, 1.54) is 34.0 Å². The Morgan fingerprint density at radius 3 is 1.67 bits per heavy atom. The lowest BCUT2D eigenvalue weighted by Gasteiger charge is -2.11. The number of benzene rings is 3. The fourth-order valence-electron chi connectivity index (χ4n) is 3.62. The summed E-state index contributed by atoms with van der Waals surface area (Å²) in [7, 11) is -4.25. The summed E-state index contributed by atoms with van der Waals surface area (Å²) in [6, 6.07) is 19.7. The Kier molecular flexibility index (Phi) is 4.43. The van der Waals surface area contributed by atoms with E-state index < -0.39 is 7.60 Å². The molecule has 4 aromatic rings. The van der Waals surface area contributed by atoms with Gasteiger partial charge in [0.25, 0.3) is 0 Å². The van der Waals surface area contributed by atoms with Crippen LogP contribution in [0.15, 0.2) is 60.7 Å². The lowest BCUT2D eigenvalue weighted by atomic mass is 10.1. The van der Waals surface area contributed by atoms with Crippen molar-refractivity contribution in [3.05, 3.63) is 71.8 Å². The Labute approximate surface area is 158 Å².